The third-order valence-corrected chi connectivity index (χ3v) is 5.67. The molecule has 4 rings (SSSR count). The summed E-state index contributed by atoms with van der Waals surface area (Å²) >= 11 is 0. The molecule has 0 spiro atoms. The highest BCUT2D eigenvalue weighted by molar-refractivity contribution is 7.90. The van der Waals surface area contributed by atoms with Gasteiger partial charge in [-0.05, 0) is 19.1 Å². The molecule has 1 aliphatic rings. The Balaban J connectivity index is 2.01. The molecule has 0 radical (unpaired) electrons. The van der Waals surface area contributed by atoms with Gasteiger partial charge in [0, 0.05) is 36.5 Å². The number of hydrogen-bond acceptors (Lipinski definition) is 7. The maximum absolute atomic E-state index is 12.6. The molecule has 2 aromatic heterocycles. The van der Waals surface area contributed by atoms with Crippen LogP contribution >= 0.6 is 0 Å². The minimum Gasteiger partial charge on any atom is -0.497 e. The lowest BCUT2D eigenvalue weighted by molar-refractivity contribution is 0.0945. The smallest absolute Gasteiger partial charge is 0.256 e. The number of nitrogens with zero attached hydrogens (tertiary/aromatic N) is 3. The summed E-state index contributed by atoms with van der Waals surface area (Å²) in [7, 11) is -1.99. The summed E-state index contributed by atoms with van der Waals surface area (Å²) in [5.41, 5.74) is 2.47. The van der Waals surface area contributed by atoms with Crippen LogP contribution in [0.1, 0.15) is 21.6 Å². The minimum absolute atomic E-state index is 0.0588. The van der Waals surface area contributed by atoms with Crippen LogP contribution in [0, 0.1) is 6.92 Å². The Labute approximate surface area is 161 Å². The fourth-order valence-electron chi connectivity index (χ4n) is 3.29. The number of ether oxygens (including phenoxy) is 1. The third-order valence-electron chi connectivity index (χ3n) is 4.58. The molecule has 9 nitrogen and oxygen atoms in total. The van der Waals surface area contributed by atoms with E-state index in [4.69, 9.17) is 4.74 Å². The second-order valence-corrected chi connectivity index (χ2v) is 8.51. The van der Waals surface area contributed by atoms with Crippen molar-refractivity contribution in [3.05, 3.63) is 41.1 Å². The number of methoxy groups -OCH3 is 1. The molecule has 0 saturated heterocycles. The van der Waals surface area contributed by atoms with Gasteiger partial charge in [0.05, 0.1) is 12.8 Å². The maximum atomic E-state index is 12.6. The second-order valence-electron chi connectivity index (χ2n) is 6.58. The van der Waals surface area contributed by atoms with Gasteiger partial charge in [0.1, 0.15) is 17.1 Å². The average Bonchev–Trinajstić information content (AvgIpc) is 2.99. The molecule has 3 heterocycles. The normalized spacial score (nSPS) is 13.9. The molecular weight excluding hydrogens is 382 g/mol. The summed E-state index contributed by atoms with van der Waals surface area (Å²) in [6, 6.07) is 7.20. The van der Waals surface area contributed by atoms with Gasteiger partial charge in [-0.2, -0.15) is 9.61 Å². The van der Waals surface area contributed by atoms with Gasteiger partial charge in [-0.25, -0.2) is 13.4 Å². The topological polar surface area (TPSA) is 115 Å². The number of anilines is 2. The van der Waals surface area contributed by atoms with Gasteiger partial charge in [0.2, 0.25) is 0 Å². The van der Waals surface area contributed by atoms with Gasteiger partial charge >= 0.3 is 0 Å². The van der Waals surface area contributed by atoms with Gasteiger partial charge in [-0.15, -0.1) is 0 Å². The standard InChI is InChI=1S/C18H19N5O4S/c1-10-15-21-13-7-8-19-17(24)14(13)16(23(15)22-18(10)28(3,25)26)20-11-5-4-6-12(9-11)27-2/h4-6,9,20H,7-8H2,1-3H3,(H,19,24). The summed E-state index contributed by atoms with van der Waals surface area (Å²) in [6.07, 6.45) is 1.65. The summed E-state index contributed by atoms with van der Waals surface area (Å²) in [6.45, 7) is 2.13. The van der Waals surface area contributed by atoms with Crippen molar-refractivity contribution in [2.75, 3.05) is 25.2 Å². The van der Waals surface area contributed by atoms with Crippen molar-refractivity contribution >= 4 is 32.9 Å². The van der Waals surface area contributed by atoms with E-state index in [9.17, 15) is 13.2 Å². The molecular formula is C18H19N5O4S. The minimum atomic E-state index is -3.55. The number of sulfone groups is 1. The summed E-state index contributed by atoms with van der Waals surface area (Å²) in [5.74, 6) is 0.723. The molecule has 0 saturated carbocycles. The Morgan fingerprint density at radius 3 is 2.82 bits per heavy atom. The van der Waals surface area contributed by atoms with E-state index in [0.29, 0.717) is 52.7 Å². The third kappa shape index (κ3) is 2.95. The highest BCUT2D eigenvalue weighted by Crippen LogP contribution is 2.30. The molecule has 0 aliphatic carbocycles. The zero-order chi connectivity index (χ0) is 20.1. The van der Waals surface area contributed by atoms with E-state index < -0.39 is 9.84 Å². The van der Waals surface area contributed by atoms with Crippen molar-refractivity contribution in [3.63, 3.8) is 0 Å². The number of amides is 1. The first kappa shape index (κ1) is 18.2. The molecule has 10 heteroatoms. The summed E-state index contributed by atoms with van der Waals surface area (Å²) < 4.78 is 30.9. The van der Waals surface area contributed by atoms with Crippen molar-refractivity contribution in [2.24, 2.45) is 0 Å². The van der Waals surface area contributed by atoms with Crippen molar-refractivity contribution in [3.8, 4) is 5.75 Å². The van der Waals surface area contributed by atoms with Crippen LogP contribution in [0.5, 0.6) is 5.75 Å². The maximum Gasteiger partial charge on any atom is 0.256 e. The number of aromatic nitrogens is 3. The number of rotatable bonds is 4. The second kappa shape index (κ2) is 6.48. The van der Waals surface area contributed by atoms with Crippen LogP contribution in [0.15, 0.2) is 29.3 Å². The predicted molar refractivity (Wildman–Crippen MR) is 103 cm³/mol. The Morgan fingerprint density at radius 1 is 1.32 bits per heavy atom. The molecule has 146 valence electrons. The van der Waals surface area contributed by atoms with E-state index in [1.807, 2.05) is 12.1 Å². The van der Waals surface area contributed by atoms with Crippen LogP contribution < -0.4 is 15.4 Å². The number of carbonyl (C=O) groups is 1. The quantitative estimate of drug-likeness (QED) is 0.680. The van der Waals surface area contributed by atoms with Crippen LogP contribution in [0.25, 0.3) is 5.65 Å². The number of benzene rings is 1. The molecule has 3 aromatic rings. The van der Waals surface area contributed by atoms with E-state index >= 15 is 0 Å². The van der Waals surface area contributed by atoms with Crippen LogP contribution in [-0.4, -0.2) is 48.8 Å². The number of nitrogens with one attached hydrogen (secondary N) is 2. The van der Waals surface area contributed by atoms with Crippen molar-refractivity contribution in [1.29, 1.82) is 0 Å². The lowest BCUT2D eigenvalue weighted by Gasteiger charge is -2.20. The summed E-state index contributed by atoms with van der Waals surface area (Å²) in [5, 5.41) is 10.2. The van der Waals surface area contributed by atoms with Crippen LogP contribution in [0.4, 0.5) is 11.5 Å². The highest BCUT2D eigenvalue weighted by atomic mass is 32.2. The predicted octanol–water partition coefficient (Wildman–Crippen LogP) is 1.48. The first-order valence-corrected chi connectivity index (χ1v) is 10.5. The van der Waals surface area contributed by atoms with E-state index in [1.54, 1.807) is 26.2 Å². The molecule has 0 fully saturated rings. The molecule has 2 N–H and O–H groups in total. The Kier molecular flexibility index (Phi) is 4.22. The fourth-order valence-corrected chi connectivity index (χ4v) is 4.17. The van der Waals surface area contributed by atoms with E-state index in [0.717, 1.165) is 6.26 Å². The van der Waals surface area contributed by atoms with Gasteiger partial charge in [-0.1, -0.05) is 6.07 Å². The fraction of sp³-hybridized carbons (Fsp3) is 0.278. The SMILES string of the molecule is COc1cccc(Nc2c3c(nc4c(C)c(S(C)(=O)=O)nn24)CCNC3=O)c1. The van der Waals surface area contributed by atoms with Crippen molar-refractivity contribution in [2.45, 2.75) is 18.4 Å². The van der Waals surface area contributed by atoms with E-state index in [-0.39, 0.29) is 10.9 Å². The average molecular weight is 401 g/mol. The lowest BCUT2D eigenvalue weighted by Crippen LogP contribution is -2.34. The zero-order valence-corrected chi connectivity index (χ0v) is 16.4. The Hall–Kier alpha value is -3.14. The molecule has 1 aliphatic heterocycles. The lowest BCUT2D eigenvalue weighted by atomic mass is 10.1. The molecule has 0 atom stereocenters. The Bertz CT molecular complexity index is 1220. The number of hydrogen-bond donors (Lipinski definition) is 2. The first-order chi connectivity index (χ1) is 13.3. The molecule has 1 amide bonds. The van der Waals surface area contributed by atoms with Crippen LogP contribution in [0.3, 0.4) is 0 Å². The summed E-state index contributed by atoms with van der Waals surface area (Å²) in [4.78, 5) is 17.1. The van der Waals surface area contributed by atoms with Gasteiger partial charge in [-0.3, -0.25) is 4.79 Å². The van der Waals surface area contributed by atoms with Gasteiger partial charge in [0.25, 0.3) is 5.91 Å². The van der Waals surface area contributed by atoms with Crippen LogP contribution in [-0.2, 0) is 16.3 Å². The van der Waals surface area contributed by atoms with Crippen molar-refractivity contribution < 1.29 is 17.9 Å². The van der Waals surface area contributed by atoms with Gasteiger partial charge < -0.3 is 15.4 Å². The Morgan fingerprint density at radius 2 is 2.11 bits per heavy atom. The van der Waals surface area contributed by atoms with Gasteiger partial charge in [0.15, 0.2) is 20.5 Å². The van der Waals surface area contributed by atoms with Crippen LogP contribution in [0.2, 0.25) is 0 Å². The van der Waals surface area contributed by atoms with E-state index in [2.05, 4.69) is 20.7 Å². The van der Waals surface area contributed by atoms with Crippen molar-refractivity contribution in [1.82, 2.24) is 19.9 Å². The number of fused-ring (bicyclic) bond motifs is 2. The monoisotopic (exact) mass is 401 g/mol. The first-order valence-electron chi connectivity index (χ1n) is 8.61. The molecule has 0 unspecified atom stereocenters. The number of carbonyl (C=O) groups excluding carboxylic acids is 1. The molecule has 1 aromatic carbocycles. The highest BCUT2D eigenvalue weighted by Gasteiger charge is 2.29. The number of aryl methyl sites for hydroxylation is 1. The molecule has 28 heavy (non-hydrogen) atoms. The van der Waals surface area contributed by atoms with E-state index in [1.165, 1.54) is 4.52 Å². The zero-order valence-electron chi connectivity index (χ0n) is 15.6. The largest absolute Gasteiger partial charge is 0.497 e. The molecule has 0 bridgehead atoms.